The monoisotopic (exact) mass is 267 g/mol. The van der Waals surface area contributed by atoms with Crippen molar-refractivity contribution in [2.24, 2.45) is 0 Å². The lowest BCUT2D eigenvalue weighted by Crippen LogP contribution is -2.02. The van der Waals surface area contributed by atoms with Crippen molar-refractivity contribution in [3.05, 3.63) is 36.0 Å². The van der Waals surface area contributed by atoms with Gasteiger partial charge in [-0.2, -0.15) is 4.98 Å². The van der Waals surface area contributed by atoms with Crippen LogP contribution in [0.2, 0.25) is 0 Å². The number of hydrogen-bond donors (Lipinski definition) is 1. The lowest BCUT2D eigenvalue weighted by Gasteiger charge is -2.04. The minimum absolute atomic E-state index is 0.295. The van der Waals surface area contributed by atoms with Crippen LogP contribution in [0.15, 0.2) is 33.7 Å². The van der Waals surface area contributed by atoms with Gasteiger partial charge in [0.2, 0.25) is 5.89 Å². The molecule has 0 saturated heterocycles. The van der Waals surface area contributed by atoms with Crippen LogP contribution in [-0.2, 0) is 16.4 Å². The molecule has 0 aliphatic rings. The maximum atomic E-state index is 11.3. The predicted molar refractivity (Wildman–Crippen MR) is 65.9 cm³/mol. The molecule has 2 rings (SSSR count). The van der Waals surface area contributed by atoms with Crippen molar-refractivity contribution in [1.82, 2.24) is 10.1 Å². The fraction of sp³-hybridized carbons (Fsp3) is 0.273. The predicted octanol–water partition coefficient (Wildman–Crippen LogP) is 1.39. The van der Waals surface area contributed by atoms with E-state index in [1.807, 2.05) is 0 Å². The zero-order valence-corrected chi connectivity index (χ0v) is 10.9. The van der Waals surface area contributed by atoms with Gasteiger partial charge in [-0.1, -0.05) is 5.16 Å². The third-order valence-corrected chi connectivity index (χ3v) is 3.43. The van der Waals surface area contributed by atoms with Gasteiger partial charge < -0.3 is 9.84 Å². The molecule has 1 aromatic heterocycles. The zero-order chi connectivity index (χ0) is 13.2. The van der Waals surface area contributed by atoms with Gasteiger partial charge in [-0.05, 0) is 24.3 Å². The first-order valence-corrected chi connectivity index (χ1v) is 7.17. The van der Waals surface area contributed by atoms with E-state index in [1.165, 1.54) is 6.26 Å². The highest BCUT2D eigenvalue weighted by Crippen LogP contribution is 2.14. The van der Waals surface area contributed by atoms with Crippen molar-refractivity contribution in [2.45, 2.75) is 18.4 Å². The molecule has 1 heterocycles. The second kappa shape index (κ2) is 4.77. The standard InChI is InChI=1S/C11H13N3O3S/c1-8-13-11(14-17-8)7-12-9-3-5-10(6-4-9)18(2,15)16/h3-6,12H,7H2,1-2H3. The Balaban J connectivity index is 2.03. The average Bonchev–Trinajstić information content (AvgIpc) is 2.72. The molecule has 1 aromatic carbocycles. The van der Waals surface area contributed by atoms with Crippen molar-refractivity contribution < 1.29 is 12.9 Å². The summed E-state index contributed by atoms with van der Waals surface area (Å²) in [4.78, 5) is 4.34. The summed E-state index contributed by atoms with van der Waals surface area (Å²) in [6.07, 6.45) is 1.18. The molecular weight excluding hydrogens is 254 g/mol. The Morgan fingerprint density at radius 2 is 1.94 bits per heavy atom. The Morgan fingerprint density at radius 1 is 1.28 bits per heavy atom. The lowest BCUT2D eigenvalue weighted by atomic mass is 10.3. The summed E-state index contributed by atoms with van der Waals surface area (Å²) >= 11 is 0. The van der Waals surface area contributed by atoms with Crippen LogP contribution in [0.5, 0.6) is 0 Å². The fourth-order valence-corrected chi connectivity index (χ4v) is 2.04. The Morgan fingerprint density at radius 3 is 2.44 bits per heavy atom. The third-order valence-electron chi connectivity index (χ3n) is 2.30. The van der Waals surface area contributed by atoms with E-state index in [9.17, 15) is 8.42 Å². The summed E-state index contributed by atoms with van der Waals surface area (Å²) in [5.41, 5.74) is 0.796. The van der Waals surface area contributed by atoms with Gasteiger partial charge in [-0.15, -0.1) is 0 Å². The lowest BCUT2D eigenvalue weighted by molar-refractivity contribution is 0.388. The van der Waals surface area contributed by atoms with E-state index in [4.69, 9.17) is 4.52 Å². The molecule has 2 aromatic rings. The summed E-state index contributed by atoms with van der Waals surface area (Å²) in [6.45, 7) is 2.15. The maximum Gasteiger partial charge on any atom is 0.223 e. The molecule has 0 saturated carbocycles. The van der Waals surface area contributed by atoms with Gasteiger partial charge in [0, 0.05) is 18.9 Å². The van der Waals surface area contributed by atoms with Crippen molar-refractivity contribution in [1.29, 1.82) is 0 Å². The number of rotatable bonds is 4. The number of nitrogens with zero attached hydrogens (tertiary/aromatic N) is 2. The molecule has 0 spiro atoms. The number of anilines is 1. The van der Waals surface area contributed by atoms with E-state index in [0.717, 1.165) is 5.69 Å². The van der Waals surface area contributed by atoms with Crippen LogP contribution in [0, 0.1) is 6.92 Å². The highest BCUT2D eigenvalue weighted by molar-refractivity contribution is 7.90. The molecule has 0 radical (unpaired) electrons. The van der Waals surface area contributed by atoms with E-state index < -0.39 is 9.84 Å². The molecule has 0 fully saturated rings. The molecule has 0 unspecified atom stereocenters. The van der Waals surface area contributed by atoms with E-state index in [1.54, 1.807) is 31.2 Å². The molecule has 0 aliphatic heterocycles. The molecule has 6 nitrogen and oxygen atoms in total. The molecule has 0 amide bonds. The number of aromatic nitrogens is 2. The molecule has 1 N–H and O–H groups in total. The van der Waals surface area contributed by atoms with Gasteiger partial charge in [-0.3, -0.25) is 0 Å². The van der Waals surface area contributed by atoms with Gasteiger partial charge in [-0.25, -0.2) is 8.42 Å². The normalized spacial score (nSPS) is 11.4. The second-order valence-electron chi connectivity index (χ2n) is 3.88. The smallest absolute Gasteiger partial charge is 0.223 e. The van der Waals surface area contributed by atoms with Crippen LogP contribution < -0.4 is 5.32 Å². The van der Waals surface area contributed by atoms with Crippen LogP contribution in [0.3, 0.4) is 0 Å². The summed E-state index contributed by atoms with van der Waals surface area (Å²) in [6, 6.07) is 6.50. The van der Waals surface area contributed by atoms with Crippen LogP contribution in [0.25, 0.3) is 0 Å². The van der Waals surface area contributed by atoms with E-state index >= 15 is 0 Å². The average molecular weight is 267 g/mol. The molecule has 0 bridgehead atoms. The number of aryl methyl sites for hydroxylation is 1. The summed E-state index contributed by atoms with van der Waals surface area (Å²) in [5.74, 6) is 1.07. The molecule has 0 aliphatic carbocycles. The number of benzene rings is 1. The Labute approximate surface area is 105 Å². The van der Waals surface area contributed by atoms with E-state index in [0.29, 0.717) is 23.2 Å². The zero-order valence-electron chi connectivity index (χ0n) is 10.0. The van der Waals surface area contributed by atoms with Crippen molar-refractivity contribution in [2.75, 3.05) is 11.6 Å². The van der Waals surface area contributed by atoms with Gasteiger partial charge in [0.25, 0.3) is 0 Å². The number of nitrogens with one attached hydrogen (secondary N) is 1. The highest BCUT2D eigenvalue weighted by atomic mass is 32.2. The summed E-state index contributed by atoms with van der Waals surface area (Å²) < 4.78 is 27.4. The quantitative estimate of drug-likeness (QED) is 0.901. The largest absolute Gasteiger partial charge is 0.378 e. The first kappa shape index (κ1) is 12.6. The van der Waals surface area contributed by atoms with Gasteiger partial charge in [0.15, 0.2) is 15.7 Å². The number of hydrogen-bond acceptors (Lipinski definition) is 6. The Bertz CT molecular complexity index is 632. The Hall–Kier alpha value is -1.89. The molecule has 0 atom stereocenters. The van der Waals surface area contributed by atoms with Gasteiger partial charge in [0.05, 0.1) is 11.4 Å². The van der Waals surface area contributed by atoms with Gasteiger partial charge in [0.1, 0.15) is 0 Å². The van der Waals surface area contributed by atoms with Crippen molar-refractivity contribution in [3.63, 3.8) is 0 Å². The highest BCUT2D eigenvalue weighted by Gasteiger charge is 2.06. The van der Waals surface area contributed by atoms with Crippen molar-refractivity contribution >= 4 is 15.5 Å². The number of sulfone groups is 1. The first-order chi connectivity index (χ1) is 8.45. The molecule has 18 heavy (non-hydrogen) atoms. The summed E-state index contributed by atoms with van der Waals surface area (Å²) in [7, 11) is -3.15. The van der Waals surface area contributed by atoms with Crippen LogP contribution in [0.4, 0.5) is 5.69 Å². The molecule has 7 heteroatoms. The van der Waals surface area contributed by atoms with Crippen molar-refractivity contribution in [3.8, 4) is 0 Å². The minimum Gasteiger partial charge on any atom is -0.378 e. The Kier molecular flexibility index (Phi) is 3.33. The molecule has 96 valence electrons. The van der Waals surface area contributed by atoms with Crippen LogP contribution in [-0.4, -0.2) is 24.8 Å². The second-order valence-corrected chi connectivity index (χ2v) is 5.90. The molecular formula is C11H13N3O3S. The van der Waals surface area contributed by atoms with Crippen LogP contribution in [0.1, 0.15) is 11.7 Å². The van der Waals surface area contributed by atoms with E-state index in [2.05, 4.69) is 15.5 Å². The minimum atomic E-state index is -3.15. The third kappa shape index (κ3) is 3.07. The van der Waals surface area contributed by atoms with Gasteiger partial charge >= 0.3 is 0 Å². The topological polar surface area (TPSA) is 85.1 Å². The SMILES string of the molecule is Cc1nc(CNc2ccc(S(C)(=O)=O)cc2)no1. The maximum absolute atomic E-state index is 11.3. The summed E-state index contributed by atoms with van der Waals surface area (Å²) in [5, 5.41) is 6.82. The van der Waals surface area contributed by atoms with E-state index in [-0.39, 0.29) is 0 Å². The van der Waals surface area contributed by atoms with Crippen LogP contribution >= 0.6 is 0 Å². The fourth-order valence-electron chi connectivity index (χ4n) is 1.41. The first-order valence-electron chi connectivity index (χ1n) is 5.28.